The van der Waals surface area contributed by atoms with E-state index in [1.807, 2.05) is 48.5 Å². The number of benzene rings is 2. The van der Waals surface area contributed by atoms with Gasteiger partial charge in [0.05, 0.1) is 5.60 Å². The lowest BCUT2D eigenvalue weighted by Gasteiger charge is -2.40. The fourth-order valence-corrected chi connectivity index (χ4v) is 4.92. The predicted octanol–water partition coefficient (Wildman–Crippen LogP) is 4.20. The van der Waals surface area contributed by atoms with Crippen LogP contribution >= 0.6 is 11.6 Å². The second-order valence-corrected chi connectivity index (χ2v) is 8.80. The van der Waals surface area contributed by atoms with E-state index in [1.54, 1.807) is 12.3 Å². The summed E-state index contributed by atoms with van der Waals surface area (Å²) in [6.07, 6.45) is 2.66. The summed E-state index contributed by atoms with van der Waals surface area (Å²) < 4.78 is 6.53. The van der Waals surface area contributed by atoms with Crippen LogP contribution in [0.3, 0.4) is 0 Å². The zero-order valence-electron chi connectivity index (χ0n) is 17.6. The van der Waals surface area contributed by atoms with E-state index >= 15 is 0 Å². The van der Waals surface area contributed by atoms with E-state index < -0.39 is 11.7 Å². The molecule has 0 bridgehead atoms. The molecule has 6 nitrogen and oxygen atoms in total. The van der Waals surface area contributed by atoms with Gasteiger partial charge in [0.15, 0.2) is 6.10 Å². The number of anilines is 2. The largest absolute Gasteiger partial charge is 0.399 e. The van der Waals surface area contributed by atoms with Gasteiger partial charge in [0.25, 0.3) is 5.91 Å². The number of piperidine rings is 1. The molecule has 0 saturated carbocycles. The second kappa shape index (κ2) is 8.45. The molecule has 164 valence electrons. The van der Waals surface area contributed by atoms with Crippen molar-refractivity contribution in [3.05, 3.63) is 88.6 Å². The molecule has 0 aliphatic carbocycles. The van der Waals surface area contributed by atoms with Crippen molar-refractivity contribution in [3.8, 4) is 0 Å². The van der Waals surface area contributed by atoms with Crippen LogP contribution in [0.2, 0.25) is 5.02 Å². The third-order valence-electron chi connectivity index (χ3n) is 6.34. The van der Waals surface area contributed by atoms with Crippen molar-refractivity contribution in [2.24, 2.45) is 0 Å². The Morgan fingerprint density at radius 1 is 1.16 bits per heavy atom. The zero-order chi connectivity index (χ0) is 22.1. The van der Waals surface area contributed by atoms with Crippen molar-refractivity contribution in [2.75, 3.05) is 23.7 Å². The monoisotopic (exact) mass is 448 g/mol. The minimum Gasteiger partial charge on any atom is -0.399 e. The van der Waals surface area contributed by atoms with Crippen LogP contribution in [-0.2, 0) is 21.7 Å². The molecule has 1 fully saturated rings. The van der Waals surface area contributed by atoms with Crippen molar-refractivity contribution in [1.29, 1.82) is 0 Å². The van der Waals surface area contributed by atoms with Gasteiger partial charge in [0.2, 0.25) is 0 Å². The molecule has 1 aromatic heterocycles. The maximum Gasteiger partial charge on any atom is 0.254 e. The molecule has 1 spiro atoms. The molecule has 3 aromatic rings. The van der Waals surface area contributed by atoms with Gasteiger partial charge < -0.3 is 20.7 Å². The number of ether oxygens (including phenoxy) is 1. The average molecular weight is 449 g/mol. The Kier molecular flexibility index (Phi) is 5.49. The van der Waals surface area contributed by atoms with Gasteiger partial charge in [-0.15, -0.1) is 0 Å². The first-order valence-electron chi connectivity index (χ1n) is 10.8. The number of halogens is 1. The molecule has 7 heteroatoms. The van der Waals surface area contributed by atoms with Crippen molar-refractivity contribution in [2.45, 2.75) is 31.1 Å². The van der Waals surface area contributed by atoms with Gasteiger partial charge in [-0.05, 0) is 47.7 Å². The van der Waals surface area contributed by atoms with E-state index in [0.29, 0.717) is 17.3 Å². The Labute approximate surface area is 192 Å². The molecule has 1 atom stereocenters. The van der Waals surface area contributed by atoms with Crippen LogP contribution in [0.1, 0.15) is 35.6 Å². The molecule has 2 aliphatic rings. The van der Waals surface area contributed by atoms with Crippen LogP contribution < -0.4 is 16.0 Å². The molecule has 1 amide bonds. The Hall–Kier alpha value is -3.09. The van der Waals surface area contributed by atoms with Crippen LogP contribution in [0.25, 0.3) is 0 Å². The molecule has 2 aliphatic heterocycles. The summed E-state index contributed by atoms with van der Waals surface area (Å²) in [7, 11) is 0. The molecule has 3 N–H and O–H groups in total. The van der Waals surface area contributed by atoms with Gasteiger partial charge in [-0.1, -0.05) is 48.0 Å². The number of nitrogens with zero attached hydrogens (tertiary/aromatic N) is 2. The summed E-state index contributed by atoms with van der Waals surface area (Å²) in [6, 6.07) is 19.2. The quantitative estimate of drug-likeness (QED) is 0.625. The number of hydrogen-bond acceptors (Lipinski definition) is 5. The van der Waals surface area contributed by atoms with Gasteiger partial charge in [-0.2, -0.15) is 0 Å². The first-order chi connectivity index (χ1) is 15.5. The number of carbonyl (C=O) groups is 1. The lowest BCUT2D eigenvalue weighted by atomic mass is 9.83. The number of hydrogen-bond donors (Lipinski definition) is 2. The minimum atomic E-state index is -0.623. The van der Waals surface area contributed by atoms with Crippen molar-refractivity contribution in [1.82, 2.24) is 10.3 Å². The summed E-state index contributed by atoms with van der Waals surface area (Å²) in [5, 5.41) is 3.67. The van der Waals surface area contributed by atoms with E-state index in [9.17, 15) is 4.79 Å². The summed E-state index contributed by atoms with van der Waals surface area (Å²) in [5.41, 5.74) is 9.19. The number of aromatic nitrogens is 1. The summed E-state index contributed by atoms with van der Waals surface area (Å²) in [5.74, 6) is 0.746. The van der Waals surface area contributed by atoms with Crippen LogP contribution in [0.5, 0.6) is 0 Å². The SMILES string of the molecule is Nc1ccnc(N2CCC3(CC2)OC(C(=O)NCc2cccc(Cl)c2)c2ccccc23)c1. The standard InChI is InChI=1S/C25H25ClN4O2/c26-18-5-3-4-17(14-18)16-29-24(31)23-20-6-1-2-7-21(20)25(32-23)9-12-30(13-10-25)22-15-19(27)8-11-28-22/h1-8,11,14-15,23H,9-10,12-13,16H2,(H2,27,28)(H,29,31). The summed E-state index contributed by atoms with van der Waals surface area (Å²) in [4.78, 5) is 19.8. The Morgan fingerprint density at radius 3 is 2.75 bits per heavy atom. The van der Waals surface area contributed by atoms with Gasteiger partial charge in [0, 0.05) is 42.6 Å². The molecular formula is C25H25ClN4O2. The number of carbonyl (C=O) groups excluding carboxylic acids is 1. The topological polar surface area (TPSA) is 80.5 Å². The average Bonchev–Trinajstić information content (AvgIpc) is 3.12. The van der Waals surface area contributed by atoms with Crippen LogP contribution in [0.4, 0.5) is 11.5 Å². The molecule has 5 rings (SSSR count). The Morgan fingerprint density at radius 2 is 1.97 bits per heavy atom. The van der Waals surface area contributed by atoms with Gasteiger partial charge in [0.1, 0.15) is 5.82 Å². The zero-order valence-corrected chi connectivity index (χ0v) is 18.4. The number of amides is 1. The number of rotatable bonds is 4. The summed E-state index contributed by atoms with van der Waals surface area (Å²) >= 11 is 6.06. The molecule has 1 unspecified atom stereocenters. The van der Waals surface area contributed by atoms with Crippen LogP contribution in [0, 0.1) is 0 Å². The smallest absolute Gasteiger partial charge is 0.254 e. The van der Waals surface area contributed by atoms with Crippen LogP contribution in [0.15, 0.2) is 66.9 Å². The molecule has 0 radical (unpaired) electrons. The number of pyridine rings is 1. The van der Waals surface area contributed by atoms with Crippen molar-refractivity contribution >= 4 is 29.0 Å². The van der Waals surface area contributed by atoms with Crippen molar-refractivity contribution < 1.29 is 9.53 Å². The maximum atomic E-state index is 13.1. The van der Waals surface area contributed by atoms with E-state index in [2.05, 4.69) is 21.3 Å². The van der Waals surface area contributed by atoms with Crippen LogP contribution in [-0.4, -0.2) is 24.0 Å². The lowest BCUT2D eigenvalue weighted by Crippen LogP contribution is -2.43. The third kappa shape index (κ3) is 3.92. The first kappa shape index (κ1) is 20.8. The molecule has 32 heavy (non-hydrogen) atoms. The molecular weight excluding hydrogens is 424 g/mol. The second-order valence-electron chi connectivity index (χ2n) is 8.36. The minimum absolute atomic E-state index is 0.130. The van der Waals surface area contributed by atoms with E-state index in [4.69, 9.17) is 22.1 Å². The third-order valence-corrected chi connectivity index (χ3v) is 6.57. The van der Waals surface area contributed by atoms with Gasteiger partial charge in [-0.3, -0.25) is 4.79 Å². The first-order valence-corrected chi connectivity index (χ1v) is 11.2. The fraction of sp³-hybridized carbons (Fsp3) is 0.280. The van der Waals surface area contributed by atoms with E-state index in [1.165, 1.54) is 0 Å². The maximum absolute atomic E-state index is 13.1. The predicted molar refractivity (Wildman–Crippen MR) is 125 cm³/mol. The van der Waals surface area contributed by atoms with E-state index in [-0.39, 0.29) is 5.91 Å². The summed E-state index contributed by atoms with van der Waals surface area (Å²) in [6.45, 7) is 1.96. The highest BCUT2D eigenvalue weighted by Gasteiger charge is 2.48. The fourth-order valence-electron chi connectivity index (χ4n) is 4.71. The molecule has 2 aromatic carbocycles. The number of fused-ring (bicyclic) bond motifs is 2. The van der Waals surface area contributed by atoms with Crippen molar-refractivity contribution in [3.63, 3.8) is 0 Å². The number of nitrogens with two attached hydrogens (primary N) is 1. The normalized spacial score (nSPS) is 19.0. The molecule has 3 heterocycles. The highest BCUT2D eigenvalue weighted by Crippen LogP contribution is 2.49. The molecule has 1 saturated heterocycles. The van der Waals surface area contributed by atoms with Gasteiger partial charge >= 0.3 is 0 Å². The lowest BCUT2D eigenvalue weighted by molar-refractivity contribution is -0.147. The number of nitrogen functional groups attached to an aromatic ring is 1. The van der Waals surface area contributed by atoms with Gasteiger partial charge in [-0.25, -0.2) is 4.98 Å². The highest BCUT2D eigenvalue weighted by molar-refractivity contribution is 6.30. The van der Waals surface area contributed by atoms with E-state index in [0.717, 1.165) is 48.4 Å². The Balaban J connectivity index is 1.32. The number of nitrogens with one attached hydrogen (secondary N) is 1. The Bertz CT molecular complexity index is 1140. The highest BCUT2D eigenvalue weighted by atomic mass is 35.5.